The van der Waals surface area contributed by atoms with E-state index in [9.17, 15) is 9.59 Å². The van der Waals surface area contributed by atoms with Crippen LogP contribution in [0.15, 0.2) is 24.3 Å². The second-order valence-corrected chi connectivity index (χ2v) is 9.59. The van der Waals surface area contributed by atoms with Gasteiger partial charge in [-0.1, -0.05) is 13.8 Å². The van der Waals surface area contributed by atoms with Gasteiger partial charge in [0.05, 0.1) is 6.54 Å². The van der Waals surface area contributed by atoms with E-state index in [2.05, 4.69) is 18.7 Å². The second-order valence-electron chi connectivity index (χ2n) is 9.59. The van der Waals surface area contributed by atoms with Crippen LogP contribution in [0.3, 0.4) is 0 Å². The predicted molar refractivity (Wildman–Crippen MR) is 113 cm³/mol. The van der Waals surface area contributed by atoms with Crippen molar-refractivity contribution in [1.82, 2.24) is 9.80 Å². The van der Waals surface area contributed by atoms with E-state index in [1.54, 1.807) is 0 Å². The lowest BCUT2D eigenvalue weighted by Crippen LogP contribution is -2.34. The van der Waals surface area contributed by atoms with Gasteiger partial charge in [-0.15, -0.1) is 0 Å². The predicted octanol–water partition coefficient (Wildman–Crippen LogP) is 3.97. The van der Waals surface area contributed by atoms with Gasteiger partial charge in [0.2, 0.25) is 5.91 Å². The number of nitrogens with zero attached hydrogens (tertiary/aromatic N) is 2. The summed E-state index contributed by atoms with van der Waals surface area (Å²) in [4.78, 5) is 29.2. The Labute approximate surface area is 174 Å². The van der Waals surface area contributed by atoms with Crippen LogP contribution in [-0.2, 0) is 4.79 Å². The maximum Gasteiger partial charge on any atom is 0.253 e. The number of amides is 2. The maximum absolute atomic E-state index is 13.0. The standard InChI is InChI=1S/C24H34N2O3/c1-17(2)13-23(27)25-12-11-22(16-25)29-21-9-7-20(8-10-21)24(28)26-14-18-3-4-19(15-26)6-5-18/h7-10,17-19,22H,3-6,11-16H2,1-2H3. The maximum atomic E-state index is 13.0. The Balaban J connectivity index is 1.31. The molecule has 5 heteroatoms. The molecule has 5 rings (SSSR count). The van der Waals surface area contributed by atoms with Gasteiger partial charge in [-0.2, -0.15) is 0 Å². The minimum atomic E-state index is 0.0360. The normalized spacial score (nSPS) is 26.7. The van der Waals surface area contributed by atoms with Crippen molar-refractivity contribution < 1.29 is 14.3 Å². The Morgan fingerprint density at radius 3 is 2.14 bits per heavy atom. The summed E-state index contributed by atoms with van der Waals surface area (Å²) in [6.45, 7) is 7.39. The zero-order chi connectivity index (χ0) is 20.4. The minimum Gasteiger partial charge on any atom is -0.489 e. The van der Waals surface area contributed by atoms with Gasteiger partial charge >= 0.3 is 0 Å². The molecular weight excluding hydrogens is 364 g/mol. The van der Waals surface area contributed by atoms with E-state index in [1.165, 1.54) is 25.7 Å². The number of carbonyl (C=O) groups excluding carboxylic acids is 2. The van der Waals surface area contributed by atoms with Crippen molar-refractivity contribution in [1.29, 1.82) is 0 Å². The average Bonchev–Trinajstić information content (AvgIpc) is 2.96. The highest BCUT2D eigenvalue weighted by molar-refractivity contribution is 5.94. The highest BCUT2D eigenvalue weighted by Gasteiger charge is 2.32. The van der Waals surface area contributed by atoms with Crippen molar-refractivity contribution in [3.05, 3.63) is 29.8 Å². The molecule has 1 atom stereocenters. The molecular formula is C24H34N2O3. The Morgan fingerprint density at radius 1 is 0.931 bits per heavy atom. The lowest BCUT2D eigenvalue weighted by atomic mass is 9.84. The third kappa shape index (κ3) is 4.93. The molecule has 158 valence electrons. The van der Waals surface area contributed by atoms with Gasteiger partial charge in [-0.05, 0) is 67.7 Å². The van der Waals surface area contributed by atoms with Crippen LogP contribution < -0.4 is 4.74 Å². The van der Waals surface area contributed by atoms with Crippen molar-refractivity contribution in [2.45, 2.75) is 58.5 Å². The molecule has 4 fully saturated rings. The van der Waals surface area contributed by atoms with Gasteiger partial charge in [0.25, 0.3) is 5.91 Å². The summed E-state index contributed by atoms with van der Waals surface area (Å²) in [6, 6.07) is 7.58. The molecule has 29 heavy (non-hydrogen) atoms. The summed E-state index contributed by atoms with van der Waals surface area (Å²) in [5, 5.41) is 0. The van der Waals surface area contributed by atoms with E-state index in [-0.39, 0.29) is 17.9 Å². The average molecular weight is 399 g/mol. The highest BCUT2D eigenvalue weighted by Crippen LogP contribution is 2.34. The van der Waals surface area contributed by atoms with Gasteiger partial charge in [0.15, 0.2) is 0 Å². The van der Waals surface area contributed by atoms with Crippen LogP contribution in [0.2, 0.25) is 0 Å². The number of rotatable bonds is 5. The molecule has 0 spiro atoms. The fourth-order valence-electron chi connectivity index (χ4n) is 5.04. The van der Waals surface area contributed by atoms with Crippen molar-refractivity contribution in [2.24, 2.45) is 17.8 Å². The minimum absolute atomic E-state index is 0.0360. The van der Waals surface area contributed by atoms with Crippen LogP contribution in [-0.4, -0.2) is 53.9 Å². The smallest absolute Gasteiger partial charge is 0.253 e. The molecule has 1 aliphatic carbocycles. The second kappa shape index (κ2) is 8.76. The Morgan fingerprint density at radius 2 is 1.55 bits per heavy atom. The molecule has 3 heterocycles. The molecule has 1 aromatic carbocycles. The molecule has 1 aromatic rings. The summed E-state index contributed by atoms with van der Waals surface area (Å²) in [6.07, 6.45) is 6.61. The third-order valence-corrected chi connectivity index (χ3v) is 6.70. The van der Waals surface area contributed by atoms with E-state index in [0.29, 0.717) is 30.7 Å². The number of fused-ring (bicyclic) bond motifs is 4. The summed E-state index contributed by atoms with van der Waals surface area (Å²) in [7, 11) is 0. The molecule has 1 saturated carbocycles. The molecule has 1 unspecified atom stereocenters. The van der Waals surface area contributed by atoms with Gasteiger partial charge < -0.3 is 14.5 Å². The Bertz CT molecular complexity index is 708. The van der Waals surface area contributed by atoms with Crippen molar-refractivity contribution in [3.8, 4) is 5.75 Å². The number of hydrogen-bond acceptors (Lipinski definition) is 3. The SMILES string of the molecule is CC(C)CC(=O)N1CCC(Oc2ccc(C(=O)N3CC4CCC(CC4)C3)cc2)C1. The van der Waals surface area contributed by atoms with Crippen molar-refractivity contribution in [3.63, 3.8) is 0 Å². The topological polar surface area (TPSA) is 49.9 Å². The molecule has 3 aliphatic heterocycles. The first-order valence-electron chi connectivity index (χ1n) is 11.3. The van der Waals surface area contributed by atoms with Crippen molar-refractivity contribution in [2.75, 3.05) is 26.2 Å². The number of hydrogen-bond donors (Lipinski definition) is 0. The Hall–Kier alpha value is -2.04. The molecule has 0 N–H and O–H groups in total. The first-order valence-corrected chi connectivity index (χ1v) is 11.3. The first kappa shape index (κ1) is 20.2. The summed E-state index contributed by atoms with van der Waals surface area (Å²) in [5.74, 6) is 2.90. The third-order valence-electron chi connectivity index (χ3n) is 6.70. The number of ether oxygens (including phenoxy) is 1. The van der Waals surface area contributed by atoms with Gasteiger partial charge in [-0.25, -0.2) is 0 Å². The summed E-state index contributed by atoms with van der Waals surface area (Å²) in [5.41, 5.74) is 0.749. The van der Waals surface area contributed by atoms with Crippen molar-refractivity contribution >= 4 is 11.8 Å². The molecule has 5 nitrogen and oxygen atoms in total. The van der Waals surface area contributed by atoms with Crippen LogP contribution in [0.25, 0.3) is 0 Å². The van der Waals surface area contributed by atoms with Gasteiger partial charge in [-0.3, -0.25) is 9.59 Å². The molecule has 4 aliphatic rings. The largest absolute Gasteiger partial charge is 0.489 e. The number of carbonyl (C=O) groups is 2. The Kier molecular flexibility index (Phi) is 6.12. The molecule has 2 bridgehead atoms. The van der Waals surface area contributed by atoms with E-state index < -0.39 is 0 Å². The van der Waals surface area contributed by atoms with Crippen LogP contribution in [0.1, 0.15) is 62.7 Å². The molecule has 3 saturated heterocycles. The zero-order valence-corrected chi connectivity index (χ0v) is 17.8. The first-order chi connectivity index (χ1) is 14.0. The van der Waals surface area contributed by atoms with Crippen LogP contribution in [0, 0.1) is 17.8 Å². The van der Waals surface area contributed by atoms with E-state index in [1.807, 2.05) is 29.2 Å². The zero-order valence-electron chi connectivity index (χ0n) is 17.8. The molecule has 2 amide bonds. The van der Waals surface area contributed by atoms with Gasteiger partial charge in [0.1, 0.15) is 11.9 Å². The van der Waals surface area contributed by atoms with Crippen LogP contribution in [0.4, 0.5) is 0 Å². The highest BCUT2D eigenvalue weighted by atomic mass is 16.5. The van der Waals surface area contributed by atoms with E-state index in [0.717, 1.165) is 37.4 Å². The number of likely N-dealkylation sites (tertiary alicyclic amines) is 1. The quantitative estimate of drug-likeness (QED) is 0.754. The summed E-state index contributed by atoms with van der Waals surface area (Å²) < 4.78 is 6.09. The fourth-order valence-corrected chi connectivity index (χ4v) is 5.04. The fraction of sp³-hybridized carbons (Fsp3) is 0.667. The molecule has 0 aromatic heterocycles. The summed E-state index contributed by atoms with van der Waals surface area (Å²) >= 11 is 0. The van der Waals surface area contributed by atoms with Crippen LogP contribution >= 0.6 is 0 Å². The monoisotopic (exact) mass is 398 g/mol. The number of benzene rings is 1. The lowest BCUT2D eigenvalue weighted by Gasteiger charge is -2.23. The lowest BCUT2D eigenvalue weighted by molar-refractivity contribution is -0.131. The molecule has 0 radical (unpaired) electrons. The van der Waals surface area contributed by atoms with Crippen LogP contribution in [0.5, 0.6) is 5.75 Å². The van der Waals surface area contributed by atoms with E-state index in [4.69, 9.17) is 4.74 Å². The van der Waals surface area contributed by atoms with Gasteiger partial charge in [0, 0.05) is 38.0 Å². The van der Waals surface area contributed by atoms with E-state index >= 15 is 0 Å².